The van der Waals surface area contributed by atoms with Crippen molar-refractivity contribution < 1.29 is 13.2 Å². The fraction of sp³-hybridized carbons (Fsp3) is 0.300. The molecule has 28 heavy (non-hydrogen) atoms. The fourth-order valence-corrected chi connectivity index (χ4v) is 2.94. The van der Waals surface area contributed by atoms with Gasteiger partial charge in [0, 0.05) is 46.0 Å². The third-order valence-corrected chi connectivity index (χ3v) is 4.35. The van der Waals surface area contributed by atoms with E-state index in [1.807, 2.05) is 46.9 Å². The molecule has 1 N–H and O–H groups in total. The number of hydrogen-bond donors (Lipinski definition) is 1. The third kappa shape index (κ3) is 4.82. The second-order valence-electron chi connectivity index (χ2n) is 6.47. The lowest BCUT2D eigenvalue weighted by Crippen LogP contribution is -2.39. The fourth-order valence-electron chi connectivity index (χ4n) is 2.94. The van der Waals surface area contributed by atoms with Crippen molar-refractivity contribution in [3.8, 4) is 0 Å². The van der Waals surface area contributed by atoms with Gasteiger partial charge in [-0.1, -0.05) is 18.2 Å². The van der Waals surface area contributed by atoms with Gasteiger partial charge in [-0.3, -0.25) is 4.99 Å². The van der Waals surface area contributed by atoms with Crippen molar-refractivity contribution in [2.75, 3.05) is 20.6 Å². The molecule has 0 spiro atoms. The Morgan fingerprint density at radius 2 is 1.93 bits per heavy atom. The average Bonchev–Trinajstić information content (AvgIpc) is 3.07. The molecule has 0 bridgehead atoms. The minimum Gasteiger partial charge on any atom is -0.356 e. The number of pyridine rings is 1. The number of hydrogen-bond acceptors (Lipinski definition) is 2. The van der Waals surface area contributed by atoms with E-state index in [0.29, 0.717) is 19.0 Å². The maximum atomic E-state index is 12.7. The lowest BCUT2D eigenvalue weighted by molar-refractivity contribution is -0.137. The van der Waals surface area contributed by atoms with Crippen LogP contribution in [0, 0.1) is 0 Å². The Morgan fingerprint density at radius 3 is 2.57 bits per heavy atom. The molecule has 0 unspecified atom stereocenters. The standard InChI is InChI=1S/C20H22F3N5/c1-24-19(25-11-10-17-14-28-12-4-3-5-18(28)26-17)27(2)13-15-6-8-16(9-7-15)20(21,22)23/h3-9,12,14H,10-11,13H2,1-2H3,(H,24,25). The van der Waals surface area contributed by atoms with Crippen LogP contribution in [0.3, 0.4) is 0 Å². The summed E-state index contributed by atoms with van der Waals surface area (Å²) in [7, 11) is 3.52. The van der Waals surface area contributed by atoms with Gasteiger partial charge in [0.25, 0.3) is 0 Å². The predicted octanol–water partition coefficient (Wildman–Crippen LogP) is 3.60. The highest BCUT2D eigenvalue weighted by Crippen LogP contribution is 2.29. The molecule has 0 aliphatic heterocycles. The van der Waals surface area contributed by atoms with Gasteiger partial charge < -0.3 is 14.6 Å². The quantitative estimate of drug-likeness (QED) is 0.536. The van der Waals surface area contributed by atoms with Gasteiger partial charge in [-0.2, -0.15) is 13.2 Å². The molecule has 3 rings (SSSR count). The van der Waals surface area contributed by atoms with Gasteiger partial charge >= 0.3 is 6.18 Å². The van der Waals surface area contributed by atoms with E-state index >= 15 is 0 Å². The highest BCUT2D eigenvalue weighted by molar-refractivity contribution is 5.79. The zero-order chi connectivity index (χ0) is 20.1. The summed E-state index contributed by atoms with van der Waals surface area (Å²) < 4.78 is 40.0. The maximum absolute atomic E-state index is 12.7. The molecule has 0 aliphatic rings. The smallest absolute Gasteiger partial charge is 0.356 e. The number of halogens is 3. The van der Waals surface area contributed by atoms with Crippen molar-refractivity contribution in [1.29, 1.82) is 0 Å². The van der Waals surface area contributed by atoms with Crippen LogP contribution in [0.2, 0.25) is 0 Å². The monoisotopic (exact) mass is 389 g/mol. The van der Waals surface area contributed by atoms with Gasteiger partial charge in [-0.15, -0.1) is 0 Å². The molecule has 148 valence electrons. The highest BCUT2D eigenvalue weighted by Gasteiger charge is 2.29. The molecule has 0 saturated carbocycles. The number of nitrogens with zero attached hydrogens (tertiary/aromatic N) is 4. The Labute approximate surface area is 161 Å². The first-order valence-corrected chi connectivity index (χ1v) is 8.87. The molecule has 2 aromatic heterocycles. The van der Waals surface area contributed by atoms with Crippen LogP contribution < -0.4 is 5.32 Å². The van der Waals surface area contributed by atoms with Crippen LogP contribution in [-0.2, 0) is 19.1 Å². The molecule has 8 heteroatoms. The van der Waals surface area contributed by atoms with Crippen LogP contribution >= 0.6 is 0 Å². The Bertz CT molecular complexity index is 911. The summed E-state index contributed by atoms with van der Waals surface area (Å²) in [5.41, 5.74) is 2.01. The predicted molar refractivity (Wildman–Crippen MR) is 103 cm³/mol. The van der Waals surface area contributed by atoms with Crippen molar-refractivity contribution in [3.63, 3.8) is 0 Å². The highest BCUT2D eigenvalue weighted by atomic mass is 19.4. The van der Waals surface area contributed by atoms with E-state index in [1.54, 1.807) is 7.05 Å². The third-order valence-electron chi connectivity index (χ3n) is 4.35. The van der Waals surface area contributed by atoms with Gasteiger partial charge in [0.2, 0.25) is 0 Å². The van der Waals surface area contributed by atoms with E-state index in [4.69, 9.17) is 0 Å². The molecule has 0 amide bonds. The molecule has 0 aliphatic carbocycles. The van der Waals surface area contributed by atoms with Crippen molar-refractivity contribution in [3.05, 3.63) is 71.7 Å². The minimum atomic E-state index is -4.32. The number of imidazole rings is 1. The minimum absolute atomic E-state index is 0.451. The summed E-state index contributed by atoms with van der Waals surface area (Å²) in [4.78, 5) is 10.7. The lowest BCUT2D eigenvalue weighted by atomic mass is 10.1. The summed E-state index contributed by atoms with van der Waals surface area (Å²) in [6, 6.07) is 11.0. The van der Waals surface area contributed by atoms with E-state index in [9.17, 15) is 13.2 Å². The van der Waals surface area contributed by atoms with Crippen LogP contribution in [0.5, 0.6) is 0 Å². The number of aliphatic imine (C=N–C) groups is 1. The normalized spacial score (nSPS) is 12.4. The van der Waals surface area contributed by atoms with E-state index in [1.165, 1.54) is 12.1 Å². The molecule has 3 aromatic rings. The van der Waals surface area contributed by atoms with Crippen LogP contribution in [0.25, 0.3) is 5.65 Å². The molecular formula is C20H22F3N5. The van der Waals surface area contributed by atoms with Crippen LogP contribution in [0.1, 0.15) is 16.8 Å². The van der Waals surface area contributed by atoms with Gasteiger partial charge in [0.05, 0.1) is 11.3 Å². The molecule has 5 nitrogen and oxygen atoms in total. The molecule has 0 fully saturated rings. The lowest BCUT2D eigenvalue weighted by Gasteiger charge is -2.22. The number of guanidine groups is 1. The summed E-state index contributed by atoms with van der Waals surface area (Å²) in [5.74, 6) is 0.670. The summed E-state index contributed by atoms with van der Waals surface area (Å²) in [5, 5.41) is 3.26. The van der Waals surface area contributed by atoms with Gasteiger partial charge in [-0.05, 0) is 29.8 Å². The van der Waals surface area contributed by atoms with E-state index < -0.39 is 11.7 Å². The number of alkyl halides is 3. The van der Waals surface area contributed by atoms with E-state index in [-0.39, 0.29) is 0 Å². The van der Waals surface area contributed by atoms with Crippen LogP contribution in [0.15, 0.2) is 59.9 Å². The summed E-state index contributed by atoms with van der Waals surface area (Å²) in [6.45, 7) is 1.10. The van der Waals surface area contributed by atoms with Gasteiger partial charge in [-0.25, -0.2) is 4.98 Å². The zero-order valence-electron chi connectivity index (χ0n) is 15.7. The second-order valence-corrected chi connectivity index (χ2v) is 6.47. The van der Waals surface area contributed by atoms with Crippen molar-refractivity contribution in [2.24, 2.45) is 4.99 Å². The molecular weight excluding hydrogens is 367 g/mol. The molecule has 1 aromatic carbocycles. The molecule has 0 atom stereocenters. The maximum Gasteiger partial charge on any atom is 0.416 e. The Morgan fingerprint density at radius 1 is 1.18 bits per heavy atom. The summed E-state index contributed by atoms with van der Waals surface area (Å²) in [6.07, 6.45) is 0.358. The SMILES string of the molecule is CN=C(NCCc1cn2ccccc2n1)N(C)Cc1ccc(C(F)(F)F)cc1. The van der Waals surface area contributed by atoms with Crippen molar-refractivity contribution >= 4 is 11.6 Å². The Kier molecular flexibility index (Phi) is 5.87. The topological polar surface area (TPSA) is 44.9 Å². The number of rotatable bonds is 5. The largest absolute Gasteiger partial charge is 0.416 e. The molecule has 0 radical (unpaired) electrons. The van der Waals surface area contributed by atoms with E-state index in [2.05, 4.69) is 15.3 Å². The van der Waals surface area contributed by atoms with Crippen LogP contribution in [-0.4, -0.2) is 40.9 Å². The number of nitrogens with one attached hydrogen (secondary N) is 1. The number of aromatic nitrogens is 2. The second kappa shape index (κ2) is 8.33. The first-order chi connectivity index (χ1) is 13.4. The molecule has 2 heterocycles. The first kappa shape index (κ1) is 19.7. The number of benzene rings is 1. The van der Waals surface area contributed by atoms with Gasteiger partial charge in [0.15, 0.2) is 5.96 Å². The zero-order valence-corrected chi connectivity index (χ0v) is 15.7. The van der Waals surface area contributed by atoms with Gasteiger partial charge in [0.1, 0.15) is 5.65 Å². The Hall–Kier alpha value is -3.03. The Balaban J connectivity index is 1.54. The summed E-state index contributed by atoms with van der Waals surface area (Å²) >= 11 is 0. The molecule has 0 saturated heterocycles. The number of fused-ring (bicyclic) bond motifs is 1. The van der Waals surface area contributed by atoms with Crippen LogP contribution in [0.4, 0.5) is 13.2 Å². The van der Waals surface area contributed by atoms with E-state index in [0.717, 1.165) is 35.5 Å². The average molecular weight is 389 g/mol. The first-order valence-electron chi connectivity index (χ1n) is 8.87. The van der Waals surface area contributed by atoms with Crippen molar-refractivity contribution in [2.45, 2.75) is 19.1 Å². The van der Waals surface area contributed by atoms with Crippen molar-refractivity contribution in [1.82, 2.24) is 19.6 Å².